The standard InChI is InChI=1S/C25H25NO/c1-3-17-26(23-16-10-11-20(2)18-23)25(27)24(22-14-8-5-9-15-22)19-21-12-6-4-7-13-21/h4-16,18-19H,3,17H2,1-2H3/b24-19+. The van der Waals surface area contributed by atoms with Crippen LogP contribution in [-0.4, -0.2) is 12.5 Å². The lowest BCUT2D eigenvalue weighted by Crippen LogP contribution is -2.32. The van der Waals surface area contributed by atoms with Gasteiger partial charge in [-0.1, -0.05) is 79.7 Å². The number of aryl methyl sites for hydroxylation is 1. The van der Waals surface area contributed by atoms with Gasteiger partial charge in [0.25, 0.3) is 5.91 Å². The topological polar surface area (TPSA) is 20.3 Å². The summed E-state index contributed by atoms with van der Waals surface area (Å²) in [5.41, 5.74) is 4.74. The molecular formula is C25H25NO. The summed E-state index contributed by atoms with van der Waals surface area (Å²) >= 11 is 0. The monoisotopic (exact) mass is 355 g/mol. The van der Waals surface area contributed by atoms with E-state index >= 15 is 0 Å². The fourth-order valence-electron chi connectivity index (χ4n) is 3.11. The van der Waals surface area contributed by atoms with Crippen LogP contribution in [-0.2, 0) is 4.79 Å². The number of carbonyl (C=O) groups is 1. The molecule has 0 spiro atoms. The molecular weight excluding hydrogens is 330 g/mol. The van der Waals surface area contributed by atoms with E-state index in [1.54, 1.807) is 0 Å². The van der Waals surface area contributed by atoms with Gasteiger partial charge in [0, 0.05) is 17.8 Å². The Morgan fingerprint density at radius 3 is 2.19 bits per heavy atom. The van der Waals surface area contributed by atoms with Gasteiger partial charge in [0.1, 0.15) is 0 Å². The van der Waals surface area contributed by atoms with Gasteiger partial charge >= 0.3 is 0 Å². The van der Waals surface area contributed by atoms with E-state index < -0.39 is 0 Å². The average molecular weight is 355 g/mol. The first-order valence-electron chi connectivity index (χ1n) is 9.39. The van der Waals surface area contributed by atoms with Crippen LogP contribution in [0.15, 0.2) is 84.9 Å². The normalized spacial score (nSPS) is 11.3. The zero-order chi connectivity index (χ0) is 19.1. The molecule has 0 bridgehead atoms. The third-order valence-electron chi connectivity index (χ3n) is 4.43. The molecule has 2 nitrogen and oxygen atoms in total. The van der Waals surface area contributed by atoms with Gasteiger partial charge in [0.15, 0.2) is 0 Å². The van der Waals surface area contributed by atoms with E-state index in [4.69, 9.17) is 0 Å². The predicted molar refractivity (Wildman–Crippen MR) is 115 cm³/mol. The van der Waals surface area contributed by atoms with Crippen molar-refractivity contribution in [3.8, 4) is 0 Å². The molecule has 0 aliphatic heterocycles. The zero-order valence-electron chi connectivity index (χ0n) is 15.9. The van der Waals surface area contributed by atoms with Crippen molar-refractivity contribution in [1.82, 2.24) is 0 Å². The molecule has 27 heavy (non-hydrogen) atoms. The Bertz CT molecular complexity index is 913. The molecule has 3 aromatic carbocycles. The van der Waals surface area contributed by atoms with Crippen molar-refractivity contribution in [2.24, 2.45) is 0 Å². The van der Waals surface area contributed by atoms with Crippen LogP contribution in [0.4, 0.5) is 5.69 Å². The van der Waals surface area contributed by atoms with Gasteiger partial charge in [0.05, 0.1) is 0 Å². The summed E-state index contributed by atoms with van der Waals surface area (Å²) in [5, 5.41) is 0. The minimum Gasteiger partial charge on any atom is -0.308 e. The molecule has 0 heterocycles. The number of anilines is 1. The van der Waals surface area contributed by atoms with Crippen molar-refractivity contribution in [1.29, 1.82) is 0 Å². The van der Waals surface area contributed by atoms with E-state index in [1.165, 1.54) is 0 Å². The van der Waals surface area contributed by atoms with Crippen molar-refractivity contribution in [3.63, 3.8) is 0 Å². The molecule has 0 saturated heterocycles. The summed E-state index contributed by atoms with van der Waals surface area (Å²) in [6, 6.07) is 28.0. The van der Waals surface area contributed by atoms with E-state index in [-0.39, 0.29) is 5.91 Å². The summed E-state index contributed by atoms with van der Waals surface area (Å²) in [4.78, 5) is 15.5. The number of benzene rings is 3. The maximum atomic E-state index is 13.6. The fourth-order valence-corrected chi connectivity index (χ4v) is 3.11. The van der Waals surface area contributed by atoms with Crippen LogP contribution >= 0.6 is 0 Å². The van der Waals surface area contributed by atoms with Gasteiger partial charge in [-0.05, 0) is 48.2 Å². The summed E-state index contributed by atoms with van der Waals surface area (Å²) in [7, 11) is 0. The van der Waals surface area contributed by atoms with Gasteiger partial charge < -0.3 is 4.90 Å². The van der Waals surface area contributed by atoms with Crippen LogP contribution in [0.2, 0.25) is 0 Å². The SMILES string of the molecule is CCCN(C(=O)/C(=C/c1ccccc1)c1ccccc1)c1cccc(C)c1. The molecule has 3 aromatic rings. The number of amides is 1. The molecule has 0 radical (unpaired) electrons. The quantitative estimate of drug-likeness (QED) is 0.393. The maximum Gasteiger partial charge on any atom is 0.258 e. The van der Waals surface area contributed by atoms with Crippen molar-refractivity contribution >= 4 is 23.2 Å². The molecule has 0 unspecified atom stereocenters. The van der Waals surface area contributed by atoms with Crippen LogP contribution in [0, 0.1) is 6.92 Å². The van der Waals surface area contributed by atoms with Gasteiger partial charge in [-0.25, -0.2) is 0 Å². The van der Waals surface area contributed by atoms with Crippen LogP contribution in [0.1, 0.15) is 30.0 Å². The Labute approximate surface area is 161 Å². The van der Waals surface area contributed by atoms with Crippen molar-refractivity contribution in [2.45, 2.75) is 20.3 Å². The molecule has 0 saturated carbocycles. The molecule has 0 N–H and O–H groups in total. The Balaban J connectivity index is 2.07. The minimum absolute atomic E-state index is 0.0255. The third-order valence-corrected chi connectivity index (χ3v) is 4.43. The van der Waals surface area contributed by atoms with Gasteiger partial charge in [-0.15, -0.1) is 0 Å². The van der Waals surface area contributed by atoms with Crippen LogP contribution in [0.3, 0.4) is 0 Å². The van der Waals surface area contributed by atoms with Crippen LogP contribution in [0.5, 0.6) is 0 Å². The lowest BCUT2D eigenvalue weighted by molar-refractivity contribution is -0.113. The van der Waals surface area contributed by atoms with Crippen LogP contribution < -0.4 is 4.90 Å². The van der Waals surface area contributed by atoms with Gasteiger partial charge in [0.2, 0.25) is 0 Å². The Morgan fingerprint density at radius 2 is 1.56 bits per heavy atom. The molecule has 1 amide bonds. The Hall–Kier alpha value is -3.13. The van der Waals surface area contributed by atoms with Crippen molar-refractivity contribution < 1.29 is 4.79 Å². The van der Waals surface area contributed by atoms with E-state index in [9.17, 15) is 4.79 Å². The Morgan fingerprint density at radius 1 is 0.889 bits per heavy atom. The first-order valence-corrected chi connectivity index (χ1v) is 9.39. The molecule has 0 aliphatic carbocycles. The smallest absolute Gasteiger partial charge is 0.258 e. The number of carbonyl (C=O) groups excluding carboxylic acids is 1. The Kier molecular flexibility index (Phi) is 6.22. The highest BCUT2D eigenvalue weighted by molar-refractivity contribution is 6.30. The third kappa shape index (κ3) is 4.73. The van der Waals surface area contributed by atoms with E-state index in [1.807, 2.05) is 83.8 Å². The molecule has 0 atom stereocenters. The molecule has 0 aromatic heterocycles. The van der Waals surface area contributed by atoms with Crippen LogP contribution in [0.25, 0.3) is 11.6 Å². The second kappa shape index (κ2) is 9.00. The first kappa shape index (κ1) is 18.7. The predicted octanol–water partition coefficient (Wildman–Crippen LogP) is 5.98. The summed E-state index contributed by atoms with van der Waals surface area (Å²) in [6.07, 6.45) is 2.88. The molecule has 136 valence electrons. The largest absolute Gasteiger partial charge is 0.308 e. The molecule has 2 heteroatoms. The summed E-state index contributed by atoms with van der Waals surface area (Å²) in [6.45, 7) is 4.83. The highest BCUT2D eigenvalue weighted by Crippen LogP contribution is 2.25. The number of rotatable bonds is 6. The number of nitrogens with zero attached hydrogens (tertiary/aromatic N) is 1. The number of hydrogen-bond donors (Lipinski definition) is 0. The van der Waals surface area contributed by atoms with Crippen molar-refractivity contribution in [3.05, 3.63) is 102 Å². The highest BCUT2D eigenvalue weighted by atomic mass is 16.2. The van der Waals surface area contributed by atoms with Gasteiger partial charge in [-0.3, -0.25) is 4.79 Å². The first-order chi connectivity index (χ1) is 13.2. The lowest BCUT2D eigenvalue weighted by atomic mass is 10.0. The van der Waals surface area contributed by atoms with E-state index in [0.29, 0.717) is 12.1 Å². The molecule has 0 fully saturated rings. The lowest BCUT2D eigenvalue weighted by Gasteiger charge is -2.24. The maximum absolute atomic E-state index is 13.6. The van der Waals surface area contributed by atoms with E-state index in [2.05, 4.69) is 26.0 Å². The molecule has 3 rings (SSSR count). The van der Waals surface area contributed by atoms with Crippen molar-refractivity contribution in [2.75, 3.05) is 11.4 Å². The summed E-state index contributed by atoms with van der Waals surface area (Å²) in [5.74, 6) is 0.0255. The second-order valence-corrected chi connectivity index (χ2v) is 6.63. The van der Waals surface area contributed by atoms with E-state index in [0.717, 1.165) is 28.8 Å². The highest BCUT2D eigenvalue weighted by Gasteiger charge is 2.21. The summed E-state index contributed by atoms with van der Waals surface area (Å²) < 4.78 is 0. The average Bonchev–Trinajstić information content (AvgIpc) is 2.71. The minimum atomic E-state index is 0.0255. The fraction of sp³-hybridized carbons (Fsp3) is 0.160. The zero-order valence-corrected chi connectivity index (χ0v) is 15.9. The second-order valence-electron chi connectivity index (χ2n) is 6.63. The molecule has 0 aliphatic rings. The number of hydrogen-bond acceptors (Lipinski definition) is 1. The van der Waals surface area contributed by atoms with Gasteiger partial charge in [-0.2, -0.15) is 0 Å².